The predicted octanol–water partition coefficient (Wildman–Crippen LogP) is 1.21. The summed E-state index contributed by atoms with van der Waals surface area (Å²) in [5, 5.41) is 0. The van der Waals surface area contributed by atoms with E-state index in [0.29, 0.717) is 19.6 Å². The van der Waals surface area contributed by atoms with E-state index in [-0.39, 0.29) is 5.91 Å². The maximum absolute atomic E-state index is 11.9. The summed E-state index contributed by atoms with van der Waals surface area (Å²) in [6, 6.07) is 10.2. The number of hydrogen-bond acceptors (Lipinski definition) is 2. The second kappa shape index (κ2) is 8.31. The van der Waals surface area contributed by atoms with Crippen molar-refractivity contribution in [2.75, 3.05) is 19.8 Å². The zero-order valence-corrected chi connectivity index (χ0v) is 12.6. The van der Waals surface area contributed by atoms with Crippen LogP contribution in [0.2, 0.25) is 0 Å². The van der Waals surface area contributed by atoms with E-state index in [1.807, 2.05) is 35.9 Å². The van der Waals surface area contributed by atoms with Gasteiger partial charge in [0.05, 0.1) is 0 Å². The molecule has 1 rings (SSSR count). The van der Waals surface area contributed by atoms with E-state index < -0.39 is 15.7 Å². The monoisotopic (exact) mass is 295 g/mol. The summed E-state index contributed by atoms with van der Waals surface area (Å²) in [7, 11) is 0. The molecule has 1 aromatic carbocycles. The standard InChI is InChI=1S/C13H19GeNO2/c1-3-15(13(16)10-11-17-4-2)14-12-8-6-5-7-9-12/h5-9H,3-4,10-11H2,1-2H3. The molecule has 0 saturated heterocycles. The van der Waals surface area contributed by atoms with Crippen molar-refractivity contribution >= 4 is 26.0 Å². The first-order valence-electron chi connectivity index (χ1n) is 5.97. The SMILES string of the molecule is CCOCCC(=O)[N](CC)[Ge][c]1ccccc1. The van der Waals surface area contributed by atoms with E-state index in [2.05, 4.69) is 12.1 Å². The summed E-state index contributed by atoms with van der Waals surface area (Å²) in [5.74, 6) is 0.213. The molecule has 0 bridgehead atoms. The van der Waals surface area contributed by atoms with Crippen LogP contribution in [0.4, 0.5) is 0 Å². The van der Waals surface area contributed by atoms with Gasteiger partial charge in [-0.2, -0.15) is 0 Å². The van der Waals surface area contributed by atoms with Crippen LogP contribution in [0.25, 0.3) is 0 Å². The molecule has 0 saturated carbocycles. The number of rotatable bonds is 7. The summed E-state index contributed by atoms with van der Waals surface area (Å²) in [5.41, 5.74) is 0. The quantitative estimate of drug-likeness (QED) is 0.559. The van der Waals surface area contributed by atoms with Crippen LogP contribution in [0.1, 0.15) is 20.3 Å². The molecule has 3 nitrogen and oxygen atoms in total. The van der Waals surface area contributed by atoms with Crippen molar-refractivity contribution in [1.29, 1.82) is 0 Å². The van der Waals surface area contributed by atoms with Gasteiger partial charge in [-0.1, -0.05) is 0 Å². The third-order valence-corrected chi connectivity index (χ3v) is 5.31. The number of nitrogens with zero attached hydrogens (tertiary/aromatic N) is 1. The van der Waals surface area contributed by atoms with Gasteiger partial charge in [-0.3, -0.25) is 0 Å². The molecule has 0 aliphatic heterocycles. The third-order valence-electron chi connectivity index (χ3n) is 2.32. The Hall–Kier alpha value is -0.807. The predicted molar refractivity (Wildman–Crippen MR) is 70.3 cm³/mol. The van der Waals surface area contributed by atoms with E-state index in [1.54, 1.807) is 0 Å². The van der Waals surface area contributed by atoms with Gasteiger partial charge in [0.15, 0.2) is 0 Å². The molecule has 17 heavy (non-hydrogen) atoms. The fourth-order valence-corrected chi connectivity index (χ4v) is 3.62. The van der Waals surface area contributed by atoms with Gasteiger partial charge in [0.25, 0.3) is 0 Å². The van der Waals surface area contributed by atoms with E-state index >= 15 is 0 Å². The molecule has 0 aliphatic carbocycles. The van der Waals surface area contributed by atoms with Gasteiger partial charge < -0.3 is 0 Å². The Kier molecular flexibility index (Phi) is 6.97. The zero-order valence-electron chi connectivity index (χ0n) is 10.5. The van der Waals surface area contributed by atoms with Crippen molar-refractivity contribution in [1.82, 2.24) is 3.86 Å². The summed E-state index contributed by atoms with van der Waals surface area (Å²) in [6.07, 6.45) is 0.498. The molecule has 0 N–H and O–H groups in total. The second-order valence-corrected chi connectivity index (χ2v) is 6.38. The van der Waals surface area contributed by atoms with Crippen molar-refractivity contribution in [2.45, 2.75) is 20.3 Å². The number of benzene rings is 1. The average Bonchev–Trinajstić information content (AvgIpc) is 2.37. The van der Waals surface area contributed by atoms with Crippen LogP contribution < -0.4 is 4.40 Å². The van der Waals surface area contributed by atoms with Crippen molar-refractivity contribution in [2.24, 2.45) is 0 Å². The first kappa shape index (κ1) is 14.3. The topological polar surface area (TPSA) is 29.5 Å². The van der Waals surface area contributed by atoms with Crippen LogP contribution in [0.5, 0.6) is 0 Å². The van der Waals surface area contributed by atoms with Gasteiger partial charge in [-0.15, -0.1) is 0 Å². The van der Waals surface area contributed by atoms with Gasteiger partial charge in [-0.05, 0) is 0 Å². The molecule has 0 spiro atoms. The molecular weight excluding hydrogens is 275 g/mol. The van der Waals surface area contributed by atoms with Crippen LogP contribution in [0.3, 0.4) is 0 Å². The van der Waals surface area contributed by atoms with E-state index in [4.69, 9.17) is 4.74 Å². The Morgan fingerprint density at radius 2 is 2.00 bits per heavy atom. The Labute approximate surface area is 110 Å². The van der Waals surface area contributed by atoms with Gasteiger partial charge in [0, 0.05) is 0 Å². The van der Waals surface area contributed by atoms with Crippen LogP contribution >= 0.6 is 0 Å². The summed E-state index contributed by atoms with van der Waals surface area (Å²) in [6.45, 7) is 5.98. The summed E-state index contributed by atoms with van der Waals surface area (Å²) < 4.78 is 8.49. The van der Waals surface area contributed by atoms with Gasteiger partial charge in [0.1, 0.15) is 0 Å². The summed E-state index contributed by atoms with van der Waals surface area (Å²) >= 11 is -0.518. The second-order valence-electron chi connectivity index (χ2n) is 3.56. The Bertz CT molecular complexity index is 329. The normalized spacial score (nSPS) is 10.2. The molecule has 4 heteroatoms. The molecule has 1 amide bonds. The number of carbonyl (C=O) groups is 1. The van der Waals surface area contributed by atoms with Gasteiger partial charge in [0.2, 0.25) is 0 Å². The van der Waals surface area contributed by atoms with Crippen LogP contribution in [-0.4, -0.2) is 45.2 Å². The molecule has 0 fully saturated rings. The maximum atomic E-state index is 11.9. The van der Waals surface area contributed by atoms with Crippen molar-refractivity contribution in [3.05, 3.63) is 30.3 Å². The van der Waals surface area contributed by atoms with Crippen molar-refractivity contribution in [3.63, 3.8) is 0 Å². The van der Waals surface area contributed by atoms with Crippen LogP contribution in [0, 0.1) is 0 Å². The number of amides is 1. The van der Waals surface area contributed by atoms with Crippen molar-refractivity contribution in [3.8, 4) is 0 Å². The molecule has 0 aliphatic rings. The van der Waals surface area contributed by atoms with Crippen LogP contribution in [0.15, 0.2) is 30.3 Å². The molecule has 0 atom stereocenters. The van der Waals surface area contributed by atoms with E-state index in [0.717, 1.165) is 6.54 Å². The number of ether oxygens (including phenoxy) is 1. The zero-order chi connectivity index (χ0) is 12.5. The molecule has 0 unspecified atom stereocenters. The Morgan fingerprint density at radius 3 is 2.59 bits per heavy atom. The van der Waals surface area contributed by atoms with Gasteiger partial charge >= 0.3 is 110 Å². The number of carbonyl (C=O) groups excluding carboxylic acids is 1. The van der Waals surface area contributed by atoms with E-state index in [9.17, 15) is 4.79 Å². The first-order valence-corrected chi connectivity index (χ1v) is 7.96. The molecule has 2 radical (unpaired) electrons. The minimum absolute atomic E-state index is 0.213. The van der Waals surface area contributed by atoms with Crippen LogP contribution in [-0.2, 0) is 9.53 Å². The molecule has 92 valence electrons. The average molecular weight is 294 g/mol. The fourth-order valence-electron chi connectivity index (χ4n) is 1.43. The number of hydrogen-bond donors (Lipinski definition) is 0. The van der Waals surface area contributed by atoms with Crippen molar-refractivity contribution < 1.29 is 9.53 Å². The molecular formula is C13H19GeNO2. The molecule has 1 aromatic rings. The Balaban J connectivity index is 2.45. The Morgan fingerprint density at radius 1 is 1.29 bits per heavy atom. The summed E-state index contributed by atoms with van der Waals surface area (Å²) in [4.78, 5) is 11.9. The third kappa shape index (κ3) is 5.37. The fraction of sp³-hybridized carbons (Fsp3) is 0.462. The first-order chi connectivity index (χ1) is 8.27. The van der Waals surface area contributed by atoms with Gasteiger partial charge in [-0.25, -0.2) is 0 Å². The molecule has 0 aromatic heterocycles. The minimum atomic E-state index is -0.518. The molecule has 0 heterocycles. The van der Waals surface area contributed by atoms with E-state index in [1.165, 1.54) is 4.40 Å².